The average Bonchev–Trinajstić information content (AvgIpc) is 3.00. The molecular formula is C16H21N3O. The third-order valence-corrected chi connectivity index (χ3v) is 4.14. The Balaban J connectivity index is 1.85. The summed E-state index contributed by atoms with van der Waals surface area (Å²) in [4.78, 5) is 4.66. The highest BCUT2D eigenvalue weighted by atomic mass is 16.5. The van der Waals surface area contributed by atoms with Crippen LogP contribution < -0.4 is 5.32 Å². The van der Waals surface area contributed by atoms with E-state index in [1.54, 1.807) is 0 Å². The van der Waals surface area contributed by atoms with Crippen molar-refractivity contribution in [3.05, 3.63) is 47.6 Å². The Kier molecular flexibility index (Phi) is 3.57. The van der Waals surface area contributed by atoms with Gasteiger partial charge < -0.3 is 9.84 Å². The van der Waals surface area contributed by atoms with Crippen LogP contribution in [0.25, 0.3) is 0 Å². The Labute approximate surface area is 119 Å². The maximum atomic E-state index is 5.51. The van der Waals surface area contributed by atoms with Crippen molar-refractivity contribution in [3.8, 4) is 0 Å². The van der Waals surface area contributed by atoms with Gasteiger partial charge in [-0.2, -0.15) is 4.98 Å². The Bertz CT molecular complexity index is 556. The second-order valence-corrected chi connectivity index (χ2v) is 5.99. The van der Waals surface area contributed by atoms with Crippen LogP contribution in [0, 0.1) is 0 Å². The molecule has 2 heterocycles. The van der Waals surface area contributed by atoms with Gasteiger partial charge in [0.2, 0.25) is 5.89 Å². The molecule has 4 nitrogen and oxygen atoms in total. The lowest BCUT2D eigenvalue weighted by Crippen LogP contribution is -2.28. The fourth-order valence-electron chi connectivity index (χ4n) is 2.70. The topological polar surface area (TPSA) is 51.0 Å². The van der Waals surface area contributed by atoms with Crippen molar-refractivity contribution >= 4 is 0 Å². The van der Waals surface area contributed by atoms with Gasteiger partial charge in [-0.15, -0.1) is 0 Å². The van der Waals surface area contributed by atoms with Crippen molar-refractivity contribution in [3.63, 3.8) is 0 Å². The minimum atomic E-state index is -0.231. The van der Waals surface area contributed by atoms with Gasteiger partial charge in [0.15, 0.2) is 5.82 Å². The lowest BCUT2D eigenvalue weighted by atomic mass is 9.84. The number of aromatic nitrogens is 2. The predicted octanol–water partition coefficient (Wildman–Crippen LogP) is 2.86. The predicted molar refractivity (Wildman–Crippen MR) is 77.7 cm³/mol. The van der Waals surface area contributed by atoms with Crippen LogP contribution in [0.3, 0.4) is 0 Å². The molecule has 4 heteroatoms. The maximum Gasteiger partial charge on any atom is 0.231 e. The van der Waals surface area contributed by atoms with Crippen molar-refractivity contribution in [1.29, 1.82) is 0 Å². The molecule has 1 aromatic heterocycles. The molecule has 2 aromatic rings. The summed E-state index contributed by atoms with van der Waals surface area (Å²) in [5, 5.41) is 7.61. The van der Waals surface area contributed by atoms with Gasteiger partial charge in [0.25, 0.3) is 0 Å². The van der Waals surface area contributed by atoms with Crippen LogP contribution in [0.1, 0.15) is 49.9 Å². The summed E-state index contributed by atoms with van der Waals surface area (Å²) in [7, 11) is 0. The van der Waals surface area contributed by atoms with E-state index < -0.39 is 0 Å². The number of hydrogen-bond donors (Lipinski definition) is 1. The minimum absolute atomic E-state index is 0.231. The third kappa shape index (κ3) is 2.48. The van der Waals surface area contributed by atoms with Crippen LogP contribution in [0.4, 0.5) is 0 Å². The number of rotatable bonds is 3. The van der Waals surface area contributed by atoms with Crippen molar-refractivity contribution in [1.82, 2.24) is 15.5 Å². The highest BCUT2D eigenvalue weighted by molar-refractivity contribution is 5.30. The van der Waals surface area contributed by atoms with Crippen molar-refractivity contribution in [2.24, 2.45) is 0 Å². The Morgan fingerprint density at radius 2 is 2.05 bits per heavy atom. The molecule has 0 radical (unpaired) electrons. The molecule has 0 unspecified atom stereocenters. The number of hydrogen-bond acceptors (Lipinski definition) is 4. The smallest absolute Gasteiger partial charge is 0.231 e. The summed E-state index contributed by atoms with van der Waals surface area (Å²) in [5.41, 5.74) is 0.972. The summed E-state index contributed by atoms with van der Waals surface area (Å²) in [6.45, 7) is 6.30. The highest BCUT2D eigenvalue weighted by Gasteiger charge is 2.30. The summed E-state index contributed by atoms with van der Waals surface area (Å²) < 4.78 is 5.51. The molecular weight excluding hydrogens is 250 g/mol. The van der Waals surface area contributed by atoms with Crippen LogP contribution in [-0.2, 0) is 5.41 Å². The Hall–Kier alpha value is -1.68. The number of nitrogens with one attached hydrogen (secondary N) is 1. The van der Waals surface area contributed by atoms with Crippen LogP contribution in [0.2, 0.25) is 0 Å². The molecule has 1 fully saturated rings. The van der Waals surface area contributed by atoms with Gasteiger partial charge >= 0.3 is 0 Å². The quantitative estimate of drug-likeness (QED) is 0.932. The first-order valence-electron chi connectivity index (χ1n) is 7.28. The minimum Gasteiger partial charge on any atom is -0.339 e. The van der Waals surface area contributed by atoms with Gasteiger partial charge in [0, 0.05) is 6.54 Å². The van der Waals surface area contributed by atoms with E-state index >= 15 is 0 Å². The van der Waals surface area contributed by atoms with Gasteiger partial charge in [0.1, 0.15) is 0 Å². The molecule has 1 aliphatic heterocycles. The zero-order chi connectivity index (χ0) is 14.0. The van der Waals surface area contributed by atoms with Crippen LogP contribution in [0.5, 0.6) is 0 Å². The molecule has 1 aliphatic rings. The van der Waals surface area contributed by atoms with Crippen molar-refractivity contribution < 1.29 is 4.52 Å². The summed E-state index contributed by atoms with van der Waals surface area (Å²) in [6.07, 6.45) is 2.30. The first-order valence-corrected chi connectivity index (χ1v) is 7.28. The summed E-state index contributed by atoms with van der Waals surface area (Å²) in [5.74, 6) is 1.90. The third-order valence-electron chi connectivity index (χ3n) is 4.14. The lowest BCUT2D eigenvalue weighted by molar-refractivity contribution is 0.317. The van der Waals surface area contributed by atoms with E-state index in [4.69, 9.17) is 4.52 Å². The Morgan fingerprint density at radius 3 is 2.75 bits per heavy atom. The second-order valence-electron chi connectivity index (χ2n) is 5.99. The summed E-state index contributed by atoms with van der Waals surface area (Å²) in [6, 6.07) is 10.3. The number of piperidine rings is 1. The molecule has 0 aliphatic carbocycles. The molecule has 1 atom stereocenters. The molecule has 0 bridgehead atoms. The van der Waals surface area contributed by atoms with Gasteiger partial charge in [0.05, 0.1) is 11.3 Å². The van der Waals surface area contributed by atoms with Gasteiger partial charge in [-0.05, 0) is 38.8 Å². The van der Waals surface area contributed by atoms with E-state index in [1.807, 2.05) is 18.2 Å². The normalized spacial score (nSPS) is 20.0. The molecule has 1 N–H and O–H groups in total. The zero-order valence-corrected chi connectivity index (χ0v) is 12.1. The maximum absolute atomic E-state index is 5.51. The molecule has 0 saturated carbocycles. The molecule has 0 amide bonds. The van der Waals surface area contributed by atoms with Crippen molar-refractivity contribution in [2.45, 2.75) is 38.0 Å². The molecule has 20 heavy (non-hydrogen) atoms. The van der Waals surface area contributed by atoms with E-state index in [1.165, 1.54) is 12.0 Å². The SMILES string of the molecule is CC(C)(c1ccccc1)c1noc([C@@H]2CCCNC2)n1. The fourth-order valence-corrected chi connectivity index (χ4v) is 2.70. The monoisotopic (exact) mass is 271 g/mol. The average molecular weight is 271 g/mol. The first kappa shape index (κ1) is 13.3. The fraction of sp³-hybridized carbons (Fsp3) is 0.500. The van der Waals surface area contributed by atoms with E-state index in [0.717, 1.165) is 31.2 Å². The largest absolute Gasteiger partial charge is 0.339 e. The molecule has 3 rings (SSSR count). The highest BCUT2D eigenvalue weighted by Crippen LogP contribution is 2.31. The first-order chi connectivity index (χ1) is 9.68. The van der Waals surface area contributed by atoms with Crippen molar-refractivity contribution in [2.75, 3.05) is 13.1 Å². The number of benzene rings is 1. The van der Waals surface area contributed by atoms with Crippen LogP contribution in [-0.4, -0.2) is 23.2 Å². The van der Waals surface area contributed by atoms with E-state index in [-0.39, 0.29) is 5.41 Å². The molecule has 106 valence electrons. The molecule has 1 saturated heterocycles. The zero-order valence-electron chi connectivity index (χ0n) is 12.1. The van der Waals surface area contributed by atoms with E-state index in [0.29, 0.717) is 5.92 Å². The lowest BCUT2D eigenvalue weighted by Gasteiger charge is -2.21. The molecule has 1 aromatic carbocycles. The van der Waals surface area contributed by atoms with Crippen LogP contribution >= 0.6 is 0 Å². The van der Waals surface area contributed by atoms with E-state index in [9.17, 15) is 0 Å². The Morgan fingerprint density at radius 1 is 1.25 bits per heavy atom. The van der Waals surface area contributed by atoms with Gasteiger partial charge in [-0.3, -0.25) is 0 Å². The number of nitrogens with zero attached hydrogens (tertiary/aromatic N) is 2. The summed E-state index contributed by atoms with van der Waals surface area (Å²) >= 11 is 0. The second kappa shape index (κ2) is 5.37. The van der Waals surface area contributed by atoms with Gasteiger partial charge in [-0.1, -0.05) is 35.5 Å². The van der Waals surface area contributed by atoms with E-state index in [2.05, 4.69) is 41.4 Å². The van der Waals surface area contributed by atoms with Crippen LogP contribution in [0.15, 0.2) is 34.9 Å². The molecule has 0 spiro atoms. The standard InChI is InChI=1S/C16H21N3O/c1-16(2,13-8-4-3-5-9-13)15-18-14(20-19-15)12-7-6-10-17-11-12/h3-5,8-9,12,17H,6-7,10-11H2,1-2H3/t12-/m1/s1. The van der Waals surface area contributed by atoms with Gasteiger partial charge in [-0.25, -0.2) is 0 Å².